The van der Waals surface area contributed by atoms with Gasteiger partial charge in [0.15, 0.2) is 0 Å². The third-order valence-corrected chi connectivity index (χ3v) is 4.73. The smallest absolute Gasteiger partial charge is 0.237 e. The Balaban J connectivity index is 2.04. The summed E-state index contributed by atoms with van der Waals surface area (Å²) in [6, 6.07) is 3.70. The quantitative estimate of drug-likeness (QED) is 0.631. The lowest BCUT2D eigenvalue weighted by Crippen LogP contribution is -2.31. The van der Waals surface area contributed by atoms with Crippen LogP contribution in [0.15, 0.2) is 12.1 Å². The van der Waals surface area contributed by atoms with Crippen LogP contribution < -0.4 is 10.6 Å². The standard InChI is InChI=1S/C16H20N2O2/c1-9-7-13(17)14(8-10(9)2)18-15(19)11-5-3-4-6-12(11)16(18)20/h7-8,11-12H,3-6,17H2,1-2H3. The van der Waals surface area contributed by atoms with Gasteiger partial charge >= 0.3 is 0 Å². The SMILES string of the molecule is Cc1cc(N)c(N2C(=O)C3CCCCC3C2=O)cc1C. The van der Waals surface area contributed by atoms with Gasteiger partial charge in [0.2, 0.25) is 11.8 Å². The van der Waals surface area contributed by atoms with E-state index in [4.69, 9.17) is 5.73 Å². The Kier molecular flexibility index (Phi) is 3.04. The Morgan fingerprint density at radius 2 is 1.50 bits per heavy atom. The maximum absolute atomic E-state index is 12.5. The van der Waals surface area contributed by atoms with E-state index in [0.717, 1.165) is 36.8 Å². The second-order valence-electron chi connectivity index (χ2n) is 6.00. The zero-order chi connectivity index (χ0) is 14.4. The van der Waals surface area contributed by atoms with Gasteiger partial charge in [-0.2, -0.15) is 0 Å². The monoisotopic (exact) mass is 272 g/mol. The molecule has 2 aliphatic rings. The van der Waals surface area contributed by atoms with Crippen LogP contribution in [0.5, 0.6) is 0 Å². The molecule has 3 rings (SSSR count). The first kappa shape index (κ1) is 13.2. The van der Waals surface area contributed by atoms with E-state index >= 15 is 0 Å². The molecule has 4 heteroatoms. The van der Waals surface area contributed by atoms with E-state index in [1.807, 2.05) is 26.0 Å². The van der Waals surface area contributed by atoms with Crippen LogP contribution in [0.3, 0.4) is 0 Å². The van der Waals surface area contributed by atoms with Gasteiger partial charge in [-0.3, -0.25) is 9.59 Å². The van der Waals surface area contributed by atoms with Gasteiger partial charge in [-0.1, -0.05) is 12.8 Å². The number of hydrogen-bond acceptors (Lipinski definition) is 3. The molecule has 1 aliphatic heterocycles. The molecule has 2 unspecified atom stereocenters. The van der Waals surface area contributed by atoms with Crippen LogP contribution in [-0.4, -0.2) is 11.8 Å². The maximum Gasteiger partial charge on any atom is 0.237 e. The van der Waals surface area contributed by atoms with E-state index in [1.165, 1.54) is 4.90 Å². The van der Waals surface area contributed by atoms with Crippen molar-refractivity contribution >= 4 is 23.2 Å². The minimum absolute atomic E-state index is 0.0605. The average Bonchev–Trinajstić information content (AvgIpc) is 2.68. The molecule has 0 aromatic heterocycles. The zero-order valence-electron chi connectivity index (χ0n) is 12.0. The van der Waals surface area contributed by atoms with Gasteiger partial charge in [0.25, 0.3) is 0 Å². The predicted molar refractivity (Wildman–Crippen MR) is 78.3 cm³/mol. The van der Waals surface area contributed by atoms with Crippen LogP contribution >= 0.6 is 0 Å². The second kappa shape index (κ2) is 4.62. The van der Waals surface area contributed by atoms with Gasteiger partial charge < -0.3 is 5.73 Å². The lowest BCUT2D eigenvalue weighted by molar-refractivity contribution is -0.122. The van der Waals surface area contributed by atoms with Crippen LogP contribution in [-0.2, 0) is 9.59 Å². The second-order valence-corrected chi connectivity index (χ2v) is 6.00. The highest BCUT2D eigenvalue weighted by atomic mass is 16.2. The Bertz CT molecular complexity index is 570. The summed E-state index contributed by atoms with van der Waals surface area (Å²) in [5.74, 6) is -0.376. The molecule has 0 bridgehead atoms. The van der Waals surface area contributed by atoms with Crippen LogP contribution in [0, 0.1) is 25.7 Å². The first-order chi connectivity index (χ1) is 9.50. The van der Waals surface area contributed by atoms with Gasteiger partial charge in [0.05, 0.1) is 23.2 Å². The Morgan fingerprint density at radius 1 is 1.00 bits per heavy atom. The molecule has 0 spiro atoms. The molecule has 20 heavy (non-hydrogen) atoms. The Labute approximate surface area is 118 Å². The number of aryl methyl sites for hydroxylation is 2. The maximum atomic E-state index is 12.5. The molecule has 1 heterocycles. The van der Waals surface area contributed by atoms with Gasteiger partial charge in [-0.05, 0) is 49.9 Å². The van der Waals surface area contributed by atoms with E-state index in [1.54, 1.807) is 0 Å². The van der Waals surface area contributed by atoms with Crippen molar-refractivity contribution in [3.05, 3.63) is 23.3 Å². The van der Waals surface area contributed by atoms with E-state index in [2.05, 4.69) is 0 Å². The topological polar surface area (TPSA) is 63.4 Å². The molecule has 2 amide bonds. The summed E-state index contributed by atoms with van der Waals surface area (Å²) in [5, 5.41) is 0. The number of carbonyl (C=O) groups excluding carboxylic acids is 2. The van der Waals surface area contributed by atoms with Crippen molar-refractivity contribution in [2.24, 2.45) is 11.8 Å². The molecule has 106 valence electrons. The number of amides is 2. The van der Waals surface area contributed by atoms with E-state index in [0.29, 0.717) is 11.4 Å². The largest absolute Gasteiger partial charge is 0.397 e. The molecule has 1 saturated carbocycles. The number of benzene rings is 1. The number of nitrogen functional groups attached to an aromatic ring is 1. The summed E-state index contributed by atoms with van der Waals surface area (Å²) < 4.78 is 0. The third-order valence-electron chi connectivity index (χ3n) is 4.73. The zero-order valence-corrected chi connectivity index (χ0v) is 12.0. The van der Waals surface area contributed by atoms with Crippen LogP contribution in [0.2, 0.25) is 0 Å². The molecule has 1 saturated heterocycles. The number of rotatable bonds is 1. The molecule has 1 aromatic rings. The summed E-state index contributed by atoms with van der Waals surface area (Å²) in [6.45, 7) is 3.94. The number of imide groups is 1. The summed E-state index contributed by atoms with van der Waals surface area (Å²) >= 11 is 0. The summed E-state index contributed by atoms with van der Waals surface area (Å²) in [7, 11) is 0. The minimum Gasteiger partial charge on any atom is -0.397 e. The Hall–Kier alpha value is -1.84. The Morgan fingerprint density at radius 3 is 2.05 bits per heavy atom. The summed E-state index contributed by atoms with van der Waals surface area (Å²) in [6.07, 6.45) is 3.74. The predicted octanol–water partition coefficient (Wildman–Crippen LogP) is 2.57. The number of fused-ring (bicyclic) bond motifs is 1. The fourth-order valence-electron chi connectivity index (χ4n) is 3.42. The molecular formula is C16H20N2O2. The van der Waals surface area contributed by atoms with Crippen molar-refractivity contribution in [3.63, 3.8) is 0 Å². The lowest BCUT2D eigenvalue weighted by atomic mass is 9.81. The molecule has 2 N–H and O–H groups in total. The number of carbonyl (C=O) groups is 2. The number of hydrogen-bond donors (Lipinski definition) is 1. The number of anilines is 2. The van der Waals surface area contributed by atoms with Crippen LogP contribution in [0.25, 0.3) is 0 Å². The normalized spacial score (nSPS) is 26.0. The van der Waals surface area contributed by atoms with Crippen molar-refractivity contribution < 1.29 is 9.59 Å². The molecule has 1 aromatic carbocycles. The summed E-state index contributed by atoms with van der Waals surface area (Å²) in [5.41, 5.74) is 9.23. The fraction of sp³-hybridized carbons (Fsp3) is 0.500. The highest BCUT2D eigenvalue weighted by molar-refractivity contribution is 6.23. The van der Waals surface area contributed by atoms with Gasteiger partial charge in [0, 0.05) is 0 Å². The van der Waals surface area contributed by atoms with Crippen LogP contribution in [0.1, 0.15) is 36.8 Å². The highest BCUT2D eigenvalue weighted by Crippen LogP contribution is 2.41. The van der Waals surface area contributed by atoms with Gasteiger partial charge in [0.1, 0.15) is 0 Å². The van der Waals surface area contributed by atoms with Crippen molar-refractivity contribution in [1.82, 2.24) is 0 Å². The first-order valence-corrected chi connectivity index (χ1v) is 7.25. The lowest BCUT2D eigenvalue weighted by Gasteiger charge is -2.19. The average molecular weight is 272 g/mol. The summed E-state index contributed by atoms with van der Waals surface area (Å²) in [4.78, 5) is 26.4. The van der Waals surface area contributed by atoms with Gasteiger partial charge in [-0.15, -0.1) is 0 Å². The molecule has 2 atom stereocenters. The van der Waals surface area contributed by atoms with Crippen molar-refractivity contribution in [2.75, 3.05) is 10.6 Å². The number of nitrogens with zero attached hydrogens (tertiary/aromatic N) is 1. The van der Waals surface area contributed by atoms with Crippen LogP contribution in [0.4, 0.5) is 11.4 Å². The molecule has 1 aliphatic carbocycles. The molecule has 4 nitrogen and oxygen atoms in total. The van der Waals surface area contributed by atoms with Crippen molar-refractivity contribution in [3.8, 4) is 0 Å². The fourth-order valence-corrected chi connectivity index (χ4v) is 3.42. The van der Waals surface area contributed by atoms with E-state index in [9.17, 15) is 9.59 Å². The van der Waals surface area contributed by atoms with Gasteiger partial charge in [-0.25, -0.2) is 4.90 Å². The minimum atomic E-state index is -0.128. The van der Waals surface area contributed by atoms with Crippen molar-refractivity contribution in [1.29, 1.82) is 0 Å². The molecule has 2 fully saturated rings. The highest BCUT2D eigenvalue weighted by Gasteiger charge is 2.49. The van der Waals surface area contributed by atoms with E-state index < -0.39 is 0 Å². The molecule has 0 radical (unpaired) electrons. The number of nitrogens with two attached hydrogens (primary N) is 1. The first-order valence-electron chi connectivity index (χ1n) is 7.25. The third kappa shape index (κ3) is 1.82. The molecular weight excluding hydrogens is 252 g/mol. The van der Waals surface area contributed by atoms with E-state index in [-0.39, 0.29) is 23.7 Å². The van der Waals surface area contributed by atoms with Crippen molar-refractivity contribution in [2.45, 2.75) is 39.5 Å².